The Balaban J connectivity index is 1.97. The van der Waals surface area contributed by atoms with Crippen molar-refractivity contribution in [2.45, 2.75) is 20.3 Å². The Morgan fingerprint density at radius 3 is 2.79 bits per heavy atom. The molecule has 1 aromatic carbocycles. The van der Waals surface area contributed by atoms with Crippen molar-refractivity contribution < 1.29 is 14.0 Å². The molecule has 6 heteroatoms. The molecule has 0 spiro atoms. The van der Waals surface area contributed by atoms with Crippen LogP contribution in [0.5, 0.6) is 0 Å². The third-order valence-electron chi connectivity index (χ3n) is 4.36. The second kappa shape index (κ2) is 6.31. The Morgan fingerprint density at radius 1 is 1.25 bits per heavy atom. The minimum absolute atomic E-state index is 0.244. The van der Waals surface area contributed by atoms with Crippen LogP contribution in [0.3, 0.4) is 0 Å². The SMILES string of the molecule is Cc1c(/C=C2\C(=O)Nc3ccc(F)cc32)[nH]c(CCNC=O)c1C. The van der Waals surface area contributed by atoms with Crippen molar-refractivity contribution in [1.82, 2.24) is 10.3 Å². The number of rotatable bonds is 5. The summed E-state index contributed by atoms with van der Waals surface area (Å²) in [6.45, 7) is 4.50. The maximum absolute atomic E-state index is 13.5. The fourth-order valence-corrected chi connectivity index (χ4v) is 2.88. The molecule has 3 rings (SSSR count). The van der Waals surface area contributed by atoms with Gasteiger partial charge in [-0.05, 0) is 49.2 Å². The summed E-state index contributed by atoms with van der Waals surface area (Å²) in [6, 6.07) is 4.25. The molecule has 124 valence electrons. The lowest BCUT2D eigenvalue weighted by atomic mass is 10.0. The standard InChI is InChI=1S/C18H18FN3O2/c1-10-11(2)17(21-15(10)5-6-20-9-23)8-14-13-7-12(19)3-4-16(13)22-18(14)24/h3-4,7-9,21H,5-6H2,1-2H3,(H,20,23)(H,22,24)/b14-8-. The number of nitrogens with one attached hydrogen (secondary N) is 3. The van der Waals surface area contributed by atoms with Gasteiger partial charge in [-0.1, -0.05) is 0 Å². The average Bonchev–Trinajstić information content (AvgIpc) is 3.00. The van der Waals surface area contributed by atoms with Crippen molar-refractivity contribution in [3.63, 3.8) is 0 Å². The maximum Gasteiger partial charge on any atom is 0.256 e. The van der Waals surface area contributed by atoms with E-state index in [1.54, 1.807) is 12.1 Å². The molecule has 0 saturated carbocycles. The van der Waals surface area contributed by atoms with Gasteiger partial charge in [0, 0.05) is 35.6 Å². The molecule has 2 heterocycles. The number of H-pyrrole nitrogens is 1. The smallest absolute Gasteiger partial charge is 0.256 e. The Kier molecular flexibility index (Phi) is 4.20. The molecule has 0 saturated heterocycles. The summed E-state index contributed by atoms with van der Waals surface area (Å²) >= 11 is 0. The molecule has 1 aliphatic heterocycles. The lowest BCUT2D eigenvalue weighted by Gasteiger charge is -1.99. The van der Waals surface area contributed by atoms with Crippen molar-refractivity contribution in [2.24, 2.45) is 0 Å². The van der Waals surface area contributed by atoms with Gasteiger partial charge in [0.2, 0.25) is 6.41 Å². The van der Waals surface area contributed by atoms with Crippen molar-refractivity contribution in [3.05, 3.63) is 52.1 Å². The van der Waals surface area contributed by atoms with E-state index in [9.17, 15) is 14.0 Å². The second-order valence-electron chi connectivity index (χ2n) is 5.79. The van der Waals surface area contributed by atoms with Gasteiger partial charge in [0.05, 0.1) is 5.57 Å². The van der Waals surface area contributed by atoms with Crippen LogP contribution in [0.15, 0.2) is 18.2 Å². The zero-order valence-corrected chi connectivity index (χ0v) is 13.5. The van der Waals surface area contributed by atoms with Gasteiger partial charge in [-0.25, -0.2) is 4.39 Å². The first-order valence-corrected chi connectivity index (χ1v) is 7.69. The Bertz CT molecular complexity index is 852. The van der Waals surface area contributed by atoms with Crippen molar-refractivity contribution >= 4 is 29.7 Å². The van der Waals surface area contributed by atoms with Crippen LogP contribution in [0.2, 0.25) is 0 Å². The zero-order valence-electron chi connectivity index (χ0n) is 13.5. The number of aromatic amines is 1. The quantitative estimate of drug-likeness (QED) is 0.448. The topological polar surface area (TPSA) is 74.0 Å². The zero-order chi connectivity index (χ0) is 17.3. The summed E-state index contributed by atoms with van der Waals surface area (Å²) in [5, 5.41) is 5.37. The number of aromatic nitrogens is 1. The number of hydrogen-bond donors (Lipinski definition) is 3. The molecule has 2 aromatic rings. The van der Waals surface area contributed by atoms with Crippen LogP contribution in [0.4, 0.5) is 10.1 Å². The lowest BCUT2D eigenvalue weighted by Crippen LogP contribution is -2.14. The highest BCUT2D eigenvalue weighted by molar-refractivity contribution is 6.34. The number of hydrogen-bond acceptors (Lipinski definition) is 2. The number of halogens is 1. The molecule has 0 fully saturated rings. The van der Waals surface area contributed by atoms with Crippen LogP contribution < -0.4 is 10.6 Å². The van der Waals surface area contributed by atoms with E-state index >= 15 is 0 Å². The molecule has 1 aliphatic rings. The number of amides is 2. The van der Waals surface area contributed by atoms with E-state index in [1.165, 1.54) is 12.1 Å². The summed E-state index contributed by atoms with van der Waals surface area (Å²) in [4.78, 5) is 25.8. The summed E-state index contributed by atoms with van der Waals surface area (Å²) in [7, 11) is 0. The highest BCUT2D eigenvalue weighted by Crippen LogP contribution is 2.34. The fourth-order valence-electron chi connectivity index (χ4n) is 2.88. The minimum Gasteiger partial charge on any atom is -0.358 e. The van der Waals surface area contributed by atoms with Gasteiger partial charge in [-0.3, -0.25) is 9.59 Å². The largest absolute Gasteiger partial charge is 0.358 e. The maximum atomic E-state index is 13.5. The molecule has 0 unspecified atom stereocenters. The van der Waals surface area contributed by atoms with Gasteiger partial charge >= 0.3 is 0 Å². The van der Waals surface area contributed by atoms with Gasteiger partial charge in [0.1, 0.15) is 5.82 Å². The second-order valence-corrected chi connectivity index (χ2v) is 5.79. The van der Waals surface area contributed by atoms with Gasteiger partial charge in [-0.2, -0.15) is 0 Å². The van der Waals surface area contributed by atoms with E-state index in [1.807, 2.05) is 13.8 Å². The molecule has 2 amide bonds. The van der Waals surface area contributed by atoms with E-state index in [0.717, 1.165) is 22.5 Å². The minimum atomic E-state index is -0.379. The molecule has 0 aliphatic carbocycles. The van der Waals surface area contributed by atoms with Crippen LogP contribution >= 0.6 is 0 Å². The molecule has 5 nitrogen and oxygen atoms in total. The van der Waals surface area contributed by atoms with Gasteiger partial charge in [-0.15, -0.1) is 0 Å². The molecule has 0 atom stereocenters. The molecular weight excluding hydrogens is 309 g/mol. The predicted molar refractivity (Wildman–Crippen MR) is 90.9 cm³/mol. The van der Waals surface area contributed by atoms with Crippen LogP contribution in [-0.2, 0) is 16.0 Å². The first-order chi connectivity index (χ1) is 11.5. The van der Waals surface area contributed by atoms with E-state index in [-0.39, 0.29) is 11.7 Å². The molecule has 24 heavy (non-hydrogen) atoms. The van der Waals surface area contributed by atoms with E-state index in [4.69, 9.17) is 0 Å². The molecule has 3 N–H and O–H groups in total. The van der Waals surface area contributed by atoms with Crippen molar-refractivity contribution in [1.29, 1.82) is 0 Å². The van der Waals surface area contributed by atoms with Crippen molar-refractivity contribution in [2.75, 3.05) is 11.9 Å². The Labute approximate surface area is 139 Å². The number of benzene rings is 1. The fraction of sp³-hybridized carbons (Fsp3) is 0.222. The van der Waals surface area contributed by atoms with Crippen LogP contribution in [0.1, 0.15) is 28.1 Å². The first-order valence-electron chi connectivity index (χ1n) is 7.69. The van der Waals surface area contributed by atoms with Gasteiger partial charge in [0.25, 0.3) is 5.91 Å². The Hall–Kier alpha value is -2.89. The molecule has 1 aromatic heterocycles. The summed E-state index contributed by atoms with van der Waals surface area (Å²) in [5.74, 6) is -0.623. The van der Waals surface area contributed by atoms with Crippen LogP contribution in [0, 0.1) is 19.7 Å². The van der Waals surface area contributed by atoms with E-state index in [2.05, 4.69) is 15.6 Å². The number of anilines is 1. The molecular formula is C18H18FN3O2. The molecule has 0 bridgehead atoms. The normalized spacial score (nSPS) is 14.6. The molecule has 0 radical (unpaired) electrons. The Morgan fingerprint density at radius 2 is 2.04 bits per heavy atom. The van der Waals surface area contributed by atoms with Crippen molar-refractivity contribution in [3.8, 4) is 0 Å². The first kappa shape index (κ1) is 16.0. The lowest BCUT2D eigenvalue weighted by molar-refractivity contribution is -0.111. The summed E-state index contributed by atoms with van der Waals surface area (Å²) in [5.41, 5.74) is 5.56. The van der Waals surface area contributed by atoms with Crippen LogP contribution in [0.25, 0.3) is 11.6 Å². The highest BCUT2D eigenvalue weighted by atomic mass is 19.1. The summed E-state index contributed by atoms with van der Waals surface area (Å²) in [6.07, 6.45) is 3.09. The highest BCUT2D eigenvalue weighted by Gasteiger charge is 2.25. The predicted octanol–water partition coefficient (Wildman–Crippen LogP) is 2.55. The summed E-state index contributed by atoms with van der Waals surface area (Å²) < 4.78 is 13.5. The van der Waals surface area contributed by atoms with Gasteiger partial charge < -0.3 is 15.6 Å². The average molecular weight is 327 g/mol. The van der Waals surface area contributed by atoms with E-state index in [0.29, 0.717) is 36.2 Å². The number of carbonyl (C=O) groups excluding carboxylic acids is 2. The van der Waals surface area contributed by atoms with E-state index < -0.39 is 0 Å². The number of fused-ring (bicyclic) bond motifs is 1. The monoisotopic (exact) mass is 327 g/mol. The third-order valence-corrected chi connectivity index (χ3v) is 4.36. The third kappa shape index (κ3) is 2.82. The number of carbonyl (C=O) groups is 2. The van der Waals surface area contributed by atoms with Crippen LogP contribution in [-0.4, -0.2) is 23.8 Å². The van der Waals surface area contributed by atoms with Gasteiger partial charge in [0.15, 0.2) is 0 Å².